The number of rotatable bonds is 6. The maximum Gasteiger partial charge on any atom is 0.307 e. The Labute approximate surface area is 126 Å². The molecule has 1 heterocycles. The molecule has 2 N–H and O–H groups in total. The number of hydrogen-bond donors (Lipinski definition) is 2. The molecule has 5 nitrogen and oxygen atoms in total. The van der Waals surface area contributed by atoms with Crippen molar-refractivity contribution in [1.29, 1.82) is 0 Å². The van der Waals surface area contributed by atoms with Crippen LogP contribution >= 0.6 is 11.3 Å². The van der Waals surface area contributed by atoms with Crippen LogP contribution in [0.1, 0.15) is 20.8 Å². The van der Waals surface area contributed by atoms with Crippen molar-refractivity contribution in [3.63, 3.8) is 0 Å². The van der Waals surface area contributed by atoms with Gasteiger partial charge in [-0.25, -0.2) is 0 Å². The molecule has 0 fully saturated rings. The Hall–Kier alpha value is -2.34. The highest BCUT2D eigenvalue weighted by molar-refractivity contribution is 7.12. The summed E-state index contributed by atoms with van der Waals surface area (Å²) in [4.78, 5) is 23.4. The van der Waals surface area contributed by atoms with Gasteiger partial charge in [-0.2, -0.15) is 0 Å². The van der Waals surface area contributed by atoms with E-state index in [2.05, 4.69) is 5.32 Å². The average Bonchev–Trinajstić information content (AvgIpc) is 2.94. The molecule has 0 aliphatic rings. The molecular weight excluding hydrogens is 290 g/mol. The van der Waals surface area contributed by atoms with Crippen molar-refractivity contribution >= 4 is 23.2 Å². The van der Waals surface area contributed by atoms with E-state index in [0.717, 1.165) is 5.56 Å². The second kappa shape index (κ2) is 6.90. The summed E-state index contributed by atoms with van der Waals surface area (Å²) in [7, 11) is 1.55. The van der Waals surface area contributed by atoms with Gasteiger partial charge in [0.05, 0.1) is 18.4 Å². The van der Waals surface area contributed by atoms with Crippen LogP contribution in [0.4, 0.5) is 0 Å². The van der Waals surface area contributed by atoms with E-state index < -0.39 is 5.97 Å². The maximum absolute atomic E-state index is 12.0. The molecule has 0 spiro atoms. The van der Waals surface area contributed by atoms with Gasteiger partial charge in [0.2, 0.25) is 0 Å². The third kappa shape index (κ3) is 4.06. The van der Waals surface area contributed by atoms with E-state index in [-0.39, 0.29) is 12.3 Å². The van der Waals surface area contributed by atoms with E-state index in [1.807, 2.05) is 12.1 Å². The quantitative estimate of drug-likeness (QED) is 0.858. The summed E-state index contributed by atoms with van der Waals surface area (Å²) in [5.41, 5.74) is 1.51. The molecule has 1 aromatic heterocycles. The third-order valence-electron chi connectivity index (χ3n) is 2.93. The fourth-order valence-electron chi connectivity index (χ4n) is 1.87. The normalized spacial score (nSPS) is 10.1. The van der Waals surface area contributed by atoms with Crippen LogP contribution in [0, 0.1) is 0 Å². The highest BCUT2D eigenvalue weighted by Gasteiger charge is 2.11. The fourth-order valence-corrected chi connectivity index (χ4v) is 2.64. The van der Waals surface area contributed by atoms with E-state index in [9.17, 15) is 9.59 Å². The predicted molar refractivity (Wildman–Crippen MR) is 79.8 cm³/mol. The maximum atomic E-state index is 12.0. The third-order valence-corrected chi connectivity index (χ3v) is 3.84. The van der Waals surface area contributed by atoms with Crippen LogP contribution in [0.2, 0.25) is 0 Å². The van der Waals surface area contributed by atoms with Crippen LogP contribution in [-0.4, -0.2) is 24.1 Å². The van der Waals surface area contributed by atoms with Crippen LogP contribution < -0.4 is 10.1 Å². The number of nitrogens with one attached hydrogen (secondary N) is 1. The second-order valence-electron chi connectivity index (χ2n) is 4.37. The summed E-state index contributed by atoms with van der Waals surface area (Å²) in [6, 6.07) is 8.84. The molecule has 1 amide bonds. The molecule has 21 heavy (non-hydrogen) atoms. The smallest absolute Gasteiger partial charge is 0.307 e. The van der Waals surface area contributed by atoms with Gasteiger partial charge < -0.3 is 15.2 Å². The molecule has 0 bridgehead atoms. The fraction of sp³-hybridized carbons (Fsp3) is 0.200. The number of aliphatic carboxylic acids is 1. The lowest BCUT2D eigenvalue weighted by Gasteiger charge is -2.08. The van der Waals surface area contributed by atoms with Gasteiger partial charge in [-0.15, -0.1) is 11.3 Å². The van der Waals surface area contributed by atoms with E-state index in [1.54, 1.807) is 30.7 Å². The van der Waals surface area contributed by atoms with Crippen molar-refractivity contribution in [3.05, 3.63) is 51.7 Å². The molecule has 0 aliphatic heterocycles. The van der Waals surface area contributed by atoms with Gasteiger partial charge in [-0.1, -0.05) is 24.3 Å². The van der Waals surface area contributed by atoms with Crippen LogP contribution in [0.15, 0.2) is 35.7 Å². The Morgan fingerprint density at radius 3 is 2.62 bits per heavy atom. The average molecular weight is 305 g/mol. The number of hydrogen-bond acceptors (Lipinski definition) is 4. The van der Waals surface area contributed by atoms with Crippen LogP contribution in [0.25, 0.3) is 0 Å². The molecule has 110 valence electrons. The monoisotopic (exact) mass is 305 g/mol. The summed E-state index contributed by atoms with van der Waals surface area (Å²) in [6.45, 7) is 0.294. The van der Waals surface area contributed by atoms with E-state index >= 15 is 0 Å². The first-order valence-corrected chi connectivity index (χ1v) is 7.17. The van der Waals surface area contributed by atoms with Crippen LogP contribution in [0.3, 0.4) is 0 Å². The van der Waals surface area contributed by atoms with Gasteiger partial charge in [0.1, 0.15) is 5.75 Å². The number of ether oxygens (including phenoxy) is 1. The van der Waals surface area contributed by atoms with Gasteiger partial charge in [0, 0.05) is 18.0 Å². The molecule has 0 aliphatic carbocycles. The topological polar surface area (TPSA) is 75.6 Å². The van der Waals surface area contributed by atoms with Gasteiger partial charge in [0.15, 0.2) is 0 Å². The molecule has 0 saturated heterocycles. The standard InChI is InChI=1S/C15H15NO4S/c1-20-12-7-13(21-9-12)15(19)16-8-11-5-3-2-4-10(11)6-14(17)18/h2-5,7,9H,6,8H2,1H3,(H,16,19)(H,17,18). The predicted octanol–water partition coefficient (Wildman–Crippen LogP) is 2.31. The first-order chi connectivity index (χ1) is 10.1. The zero-order valence-electron chi connectivity index (χ0n) is 11.5. The summed E-state index contributed by atoms with van der Waals surface area (Å²) in [5.74, 6) is -0.443. The first kappa shape index (κ1) is 15.1. The molecule has 0 radical (unpaired) electrons. The molecule has 0 unspecified atom stereocenters. The van der Waals surface area contributed by atoms with Crippen molar-refractivity contribution in [1.82, 2.24) is 5.32 Å². The molecule has 0 saturated carbocycles. The van der Waals surface area contributed by atoms with Crippen molar-refractivity contribution in [2.24, 2.45) is 0 Å². The number of amides is 1. The Morgan fingerprint density at radius 2 is 2.00 bits per heavy atom. The SMILES string of the molecule is COc1csc(C(=O)NCc2ccccc2CC(=O)O)c1. The Kier molecular flexibility index (Phi) is 4.94. The van der Waals surface area contributed by atoms with Gasteiger partial charge in [-0.3, -0.25) is 9.59 Å². The van der Waals surface area contributed by atoms with Gasteiger partial charge >= 0.3 is 5.97 Å². The number of thiophene rings is 1. The number of carbonyl (C=O) groups is 2. The molecule has 2 aromatic rings. The summed E-state index contributed by atoms with van der Waals surface area (Å²) in [5, 5.41) is 13.4. The lowest BCUT2D eigenvalue weighted by atomic mass is 10.0. The minimum Gasteiger partial charge on any atom is -0.496 e. The van der Waals surface area contributed by atoms with Crippen molar-refractivity contribution < 1.29 is 19.4 Å². The first-order valence-electron chi connectivity index (χ1n) is 6.29. The minimum atomic E-state index is -0.892. The van der Waals surface area contributed by atoms with Crippen molar-refractivity contribution in [2.45, 2.75) is 13.0 Å². The summed E-state index contributed by atoms with van der Waals surface area (Å²) >= 11 is 1.30. The highest BCUT2D eigenvalue weighted by atomic mass is 32.1. The lowest BCUT2D eigenvalue weighted by Crippen LogP contribution is -2.22. The zero-order chi connectivity index (χ0) is 15.2. The Balaban J connectivity index is 2.02. The van der Waals surface area contributed by atoms with Crippen molar-refractivity contribution in [3.8, 4) is 5.75 Å². The molecule has 6 heteroatoms. The largest absolute Gasteiger partial charge is 0.496 e. The van der Waals surface area contributed by atoms with E-state index in [0.29, 0.717) is 22.7 Å². The molecule has 0 atom stereocenters. The number of methoxy groups -OCH3 is 1. The van der Waals surface area contributed by atoms with Crippen LogP contribution in [-0.2, 0) is 17.8 Å². The summed E-state index contributed by atoms with van der Waals surface area (Å²) < 4.78 is 5.04. The zero-order valence-corrected chi connectivity index (χ0v) is 12.3. The lowest BCUT2D eigenvalue weighted by molar-refractivity contribution is -0.136. The Bertz CT molecular complexity index is 651. The molecule has 2 rings (SSSR count). The van der Waals surface area contributed by atoms with Gasteiger partial charge in [-0.05, 0) is 11.1 Å². The summed E-state index contributed by atoms with van der Waals surface area (Å²) in [6.07, 6.45) is -0.0567. The highest BCUT2D eigenvalue weighted by Crippen LogP contribution is 2.21. The number of carbonyl (C=O) groups excluding carboxylic acids is 1. The Morgan fingerprint density at radius 1 is 1.29 bits per heavy atom. The number of benzene rings is 1. The number of carboxylic acid groups (broad SMARTS) is 1. The second-order valence-corrected chi connectivity index (χ2v) is 5.28. The van der Waals surface area contributed by atoms with E-state index in [4.69, 9.17) is 9.84 Å². The number of carboxylic acids is 1. The minimum absolute atomic E-state index is 0.0567. The van der Waals surface area contributed by atoms with Gasteiger partial charge in [0.25, 0.3) is 5.91 Å². The van der Waals surface area contributed by atoms with E-state index in [1.165, 1.54) is 11.3 Å². The van der Waals surface area contributed by atoms with Crippen LogP contribution in [0.5, 0.6) is 5.75 Å². The molecular formula is C15H15NO4S. The molecule has 1 aromatic carbocycles. The van der Waals surface area contributed by atoms with Crippen molar-refractivity contribution in [2.75, 3.05) is 7.11 Å².